The molecule has 1 unspecified atom stereocenters. The number of nitrogens with zero attached hydrogens (tertiary/aromatic N) is 2. The number of nitriles is 1. The molecule has 1 N–H and O–H groups in total. The first-order valence-electron chi connectivity index (χ1n) is 11.5. The van der Waals surface area contributed by atoms with Gasteiger partial charge in [-0.3, -0.25) is 4.79 Å². The standard InChI is InChI=1S/C26H33N3O3/c1-4-5-13-31-24-8-6-7-9-25(24)32-14-11-28-19(2)15-21-16-22-10-12-29(20(3)30)26(22)23(17-21)18-27/h6-9,16-17,19,28H,4-5,10-15H2,1-3H3. The molecular formula is C26H33N3O3. The Hall–Kier alpha value is -3.04. The second-order valence-corrected chi connectivity index (χ2v) is 8.24. The van der Waals surface area contributed by atoms with Gasteiger partial charge in [0.2, 0.25) is 5.91 Å². The van der Waals surface area contributed by atoms with E-state index in [1.54, 1.807) is 11.8 Å². The molecule has 0 bridgehead atoms. The van der Waals surface area contributed by atoms with E-state index < -0.39 is 0 Å². The number of fused-ring (bicyclic) bond motifs is 1. The molecule has 0 aliphatic carbocycles. The Morgan fingerprint density at radius 1 is 1.22 bits per heavy atom. The lowest BCUT2D eigenvalue weighted by atomic mass is 9.99. The Morgan fingerprint density at radius 2 is 1.94 bits per heavy atom. The molecule has 32 heavy (non-hydrogen) atoms. The summed E-state index contributed by atoms with van der Waals surface area (Å²) in [6.45, 7) is 8.41. The number of benzene rings is 2. The van der Waals surface area contributed by atoms with Gasteiger partial charge >= 0.3 is 0 Å². The zero-order chi connectivity index (χ0) is 22.9. The Bertz CT molecular complexity index is 967. The molecule has 2 aromatic carbocycles. The van der Waals surface area contributed by atoms with Crippen LogP contribution in [0, 0.1) is 11.3 Å². The molecule has 0 saturated carbocycles. The summed E-state index contributed by atoms with van der Waals surface area (Å²) >= 11 is 0. The summed E-state index contributed by atoms with van der Waals surface area (Å²) < 4.78 is 11.8. The van der Waals surface area contributed by atoms with Crippen molar-refractivity contribution < 1.29 is 14.3 Å². The number of rotatable bonds is 11. The fourth-order valence-electron chi connectivity index (χ4n) is 4.04. The van der Waals surface area contributed by atoms with Crippen LogP contribution in [-0.4, -0.2) is 38.3 Å². The minimum Gasteiger partial charge on any atom is -0.490 e. The summed E-state index contributed by atoms with van der Waals surface area (Å²) in [5, 5.41) is 13.1. The highest BCUT2D eigenvalue weighted by molar-refractivity contribution is 5.95. The number of para-hydroxylation sites is 2. The Morgan fingerprint density at radius 3 is 2.59 bits per heavy atom. The molecule has 2 aromatic rings. The first kappa shape index (κ1) is 23.6. The fourth-order valence-corrected chi connectivity index (χ4v) is 4.04. The predicted molar refractivity (Wildman–Crippen MR) is 126 cm³/mol. The number of unbranched alkanes of at least 4 members (excludes halogenated alkanes) is 1. The van der Waals surface area contributed by atoms with Crippen LogP contribution in [-0.2, 0) is 17.6 Å². The van der Waals surface area contributed by atoms with Crippen molar-refractivity contribution in [3.05, 3.63) is 53.1 Å². The quantitative estimate of drug-likeness (QED) is 0.534. The Balaban J connectivity index is 1.51. The van der Waals surface area contributed by atoms with Gasteiger partial charge in [0, 0.05) is 26.1 Å². The maximum atomic E-state index is 11.9. The first-order chi connectivity index (χ1) is 15.5. The molecule has 1 aliphatic rings. The predicted octanol–water partition coefficient (Wildman–Crippen LogP) is 4.25. The number of nitrogens with one attached hydrogen (secondary N) is 1. The van der Waals surface area contributed by atoms with Crippen LogP contribution in [0.15, 0.2) is 36.4 Å². The van der Waals surface area contributed by atoms with Crippen molar-refractivity contribution in [1.82, 2.24) is 5.32 Å². The van der Waals surface area contributed by atoms with Crippen LogP contribution >= 0.6 is 0 Å². The molecule has 6 nitrogen and oxygen atoms in total. The number of amides is 1. The fraction of sp³-hybridized carbons (Fsp3) is 0.462. The van der Waals surface area contributed by atoms with Crippen molar-refractivity contribution in [2.24, 2.45) is 0 Å². The van der Waals surface area contributed by atoms with Gasteiger partial charge in [0.25, 0.3) is 0 Å². The molecule has 1 amide bonds. The average molecular weight is 436 g/mol. The van der Waals surface area contributed by atoms with Gasteiger partial charge < -0.3 is 19.7 Å². The van der Waals surface area contributed by atoms with Crippen LogP contribution in [0.2, 0.25) is 0 Å². The van der Waals surface area contributed by atoms with Crippen LogP contribution in [0.4, 0.5) is 5.69 Å². The third-order valence-corrected chi connectivity index (χ3v) is 5.62. The molecule has 3 rings (SSSR count). The second-order valence-electron chi connectivity index (χ2n) is 8.24. The van der Waals surface area contributed by atoms with Crippen molar-refractivity contribution in [1.29, 1.82) is 5.26 Å². The number of hydrogen-bond donors (Lipinski definition) is 1. The van der Waals surface area contributed by atoms with Crippen LogP contribution in [0.3, 0.4) is 0 Å². The molecule has 0 spiro atoms. The summed E-state index contributed by atoms with van der Waals surface area (Å²) in [5.74, 6) is 1.54. The minimum absolute atomic E-state index is 0.0135. The van der Waals surface area contributed by atoms with Crippen LogP contribution in [0.1, 0.15) is 50.3 Å². The molecule has 1 heterocycles. The summed E-state index contributed by atoms with van der Waals surface area (Å²) in [5.41, 5.74) is 3.57. The SMILES string of the molecule is CCCCOc1ccccc1OCCNC(C)Cc1cc(C#N)c2c(c1)CCN2C(C)=O. The third-order valence-electron chi connectivity index (χ3n) is 5.62. The van der Waals surface area contributed by atoms with Gasteiger partial charge in [0.15, 0.2) is 11.5 Å². The zero-order valence-corrected chi connectivity index (χ0v) is 19.3. The summed E-state index contributed by atoms with van der Waals surface area (Å²) in [4.78, 5) is 13.6. The van der Waals surface area contributed by atoms with Crippen LogP contribution in [0.5, 0.6) is 11.5 Å². The lowest BCUT2D eigenvalue weighted by molar-refractivity contribution is -0.116. The van der Waals surface area contributed by atoms with Gasteiger partial charge in [-0.15, -0.1) is 0 Å². The average Bonchev–Trinajstić information content (AvgIpc) is 3.21. The molecule has 0 aromatic heterocycles. The smallest absolute Gasteiger partial charge is 0.223 e. The highest BCUT2D eigenvalue weighted by Crippen LogP contribution is 2.33. The van der Waals surface area contributed by atoms with Gasteiger partial charge in [-0.2, -0.15) is 5.26 Å². The van der Waals surface area contributed by atoms with E-state index in [0.29, 0.717) is 31.9 Å². The monoisotopic (exact) mass is 435 g/mol. The minimum atomic E-state index is -0.0135. The van der Waals surface area contributed by atoms with E-state index in [1.807, 2.05) is 30.3 Å². The number of carbonyl (C=O) groups is 1. The number of anilines is 1. The molecule has 0 fully saturated rings. The largest absolute Gasteiger partial charge is 0.490 e. The second kappa shape index (κ2) is 11.5. The van der Waals surface area contributed by atoms with E-state index in [-0.39, 0.29) is 11.9 Å². The van der Waals surface area contributed by atoms with Gasteiger partial charge in [0.05, 0.1) is 17.9 Å². The normalized spacial score (nSPS) is 13.4. The summed E-state index contributed by atoms with van der Waals surface area (Å²) in [6, 6.07) is 14.3. The van der Waals surface area contributed by atoms with Crippen LogP contribution in [0.25, 0.3) is 0 Å². The van der Waals surface area contributed by atoms with E-state index in [1.165, 1.54) is 0 Å². The van der Waals surface area contributed by atoms with E-state index in [2.05, 4.69) is 31.3 Å². The lowest BCUT2D eigenvalue weighted by Gasteiger charge is -2.18. The van der Waals surface area contributed by atoms with Crippen molar-refractivity contribution in [3.8, 4) is 17.6 Å². The van der Waals surface area contributed by atoms with Crippen molar-refractivity contribution >= 4 is 11.6 Å². The van der Waals surface area contributed by atoms with Crippen LogP contribution < -0.4 is 19.7 Å². The molecule has 6 heteroatoms. The van der Waals surface area contributed by atoms with Crippen molar-refractivity contribution in [2.45, 2.75) is 52.5 Å². The Labute approximate surface area is 191 Å². The highest BCUT2D eigenvalue weighted by Gasteiger charge is 2.26. The maximum absolute atomic E-state index is 11.9. The molecular weight excluding hydrogens is 402 g/mol. The summed E-state index contributed by atoms with van der Waals surface area (Å²) in [6.07, 6.45) is 3.72. The van der Waals surface area contributed by atoms with E-state index in [9.17, 15) is 10.1 Å². The van der Waals surface area contributed by atoms with E-state index in [0.717, 1.165) is 54.0 Å². The molecule has 1 aliphatic heterocycles. The first-order valence-corrected chi connectivity index (χ1v) is 11.5. The topological polar surface area (TPSA) is 74.6 Å². The Kier molecular flexibility index (Phi) is 8.52. The zero-order valence-electron chi connectivity index (χ0n) is 19.3. The molecule has 0 radical (unpaired) electrons. The van der Waals surface area contributed by atoms with Crippen molar-refractivity contribution in [2.75, 3.05) is 31.2 Å². The van der Waals surface area contributed by atoms with Gasteiger partial charge in [0.1, 0.15) is 12.7 Å². The van der Waals surface area contributed by atoms with Gasteiger partial charge in [-0.1, -0.05) is 31.5 Å². The number of carbonyl (C=O) groups excluding carboxylic acids is 1. The van der Waals surface area contributed by atoms with E-state index in [4.69, 9.17) is 9.47 Å². The number of ether oxygens (including phenoxy) is 2. The van der Waals surface area contributed by atoms with Gasteiger partial charge in [-0.05, 0) is 55.5 Å². The third kappa shape index (κ3) is 6.02. The summed E-state index contributed by atoms with van der Waals surface area (Å²) in [7, 11) is 0. The molecule has 1 atom stereocenters. The van der Waals surface area contributed by atoms with Crippen molar-refractivity contribution in [3.63, 3.8) is 0 Å². The van der Waals surface area contributed by atoms with Gasteiger partial charge in [-0.25, -0.2) is 0 Å². The highest BCUT2D eigenvalue weighted by atomic mass is 16.5. The maximum Gasteiger partial charge on any atom is 0.223 e. The number of hydrogen-bond acceptors (Lipinski definition) is 5. The molecule has 0 saturated heterocycles. The van der Waals surface area contributed by atoms with E-state index >= 15 is 0 Å². The lowest BCUT2D eigenvalue weighted by Crippen LogP contribution is -2.32. The molecule has 170 valence electrons.